The van der Waals surface area contributed by atoms with Crippen LogP contribution in [0.25, 0.3) is 0 Å². The van der Waals surface area contributed by atoms with Crippen LogP contribution in [0.15, 0.2) is 36.4 Å². The summed E-state index contributed by atoms with van der Waals surface area (Å²) in [5.41, 5.74) is 4.30. The van der Waals surface area contributed by atoms with Crippen molar-refractivity contribution >= 4 is 17.3 Å². The van der Waals surface area contributed by atoms with Crippen molar-refractivity contribution in [1.29, 1.82) is 0 Å². The van der Waals surface area contributed by atoms with Gasteiger partial charge in [0.25, 0.3) is 0 Å². The summed E-state index contributed by atoms with van der Waals surface area (Å²) in [7, 11) is 4.16. The summed E-state index contributed by atoms with van der Waals surface area (Å²) in [4.78, 5) is 12.7. The molecule has 1 fully saturated rings. The number of hydrogen-bond acceptors (Lipinski definition) is 4. The maximum absolute atomic E-state index is 14.0. The molecule has 142 valence electrons. The van der Waals surface area contributed by atoms with E-state index in [1.807, 2.05) is 25.1 Å². The summed E-state index contributed by atoms with van der Waals surface area (Å²) in [5, 5.41) is 10.6. The lowest BCUT2D eigenvalue weighted by Crippen LogP contribution is -2.33. The second-order valence-corrected chi connectivity index (χ2v) is 7.61. The van der Waals surface area contributed by atoms with Crippen molar-refractivity contribution in [3.05, 3.63) is 58.9 Å². The molecule has 1 saturated heterocycles. The minimum Gasteiger partial charge on any atom is -0.373 e. The number of nitrogens with one attached hydrogen (secondary N) is 2. The van der Waals surface area contributed by atoms with E-state index in [1.165, 1.54) is 11.6 Å². The molecule has 0 bridgehead atoms. The fourth-order valence-corrected chi connectivity index (χ4v) is 4.01. The largest absolute Gasteiger partial charge is 0.373 e. The second kappa shape index (κ2) is 6.94. The highest BCUT2D eigenvalue weighted by Crippen LogP contribution is 2.32. The number of halogens is 1. The Hall–Kier alpha value is -2.44. The van der Waals surface area contributed by atoms with E-state index in [0.717, 1.165) is 30.0 Å². The first-order chi connectivity index (χ1) is 12.9. The lowest BCUT2D eigenvalue weighted by atomic mass is 9.99. The monoisotopic (exact) mass is 368 g/mol. The quantitative estimate of drug-likeness (QED) is 0.875. The zero-order chi connectivity index (χ0) is 19.1. The van der Waals surface area contributed by atoms with Crippen molar-refractivity contribution in [3.63, 3.8) is 0 Å². The lowest BCUT2D eigenvalue weighted by molar-refractivity contribution is -0.116. The Labute approximate surface area is 159 Å². The van der Waals surface area contributed by atoms with Gasteiger partial charge in [-0.2, -0.15) is 0 Å². The van der Waals surface area contributed by atoms with E-state index in [0.29, 0.717) is 17.9 Å². The van der Waals surface area contributed by atoms with Crippen LogP contribution in [-0.4, -0.2) is 49.2 Å². The van der Waals surface area contributed by atoms with Crippen LogP contribution < -0.4 is 10.6 Å². The van der Waals surface area contributed by atoms with Crippen LogP contribution in [0.5, 0.6) is 0 Å². The van der Waals surface area contributed by atoms with Crippen LogP contribution in [0, 0.1) is 12.7 Å². The van der Waals surface area contributed by atoms with Gasteiger partial charge in [0.2, 0.25) is 5.91 Å². The summed E-state index contributed by atoms with van der Waals surface area (Å²) < 4.78 is 14.0. The SMILES string of the molecule is Cc1ccc(F)c2c1NC(C(=O)Nc1cccc(C3CN(C)N(C)C3)c1)C2. The van der Waals surface area contributed by atoms with E-state index in [4.69, 9.17) is 0 Å². The molecule has 6 heteroatoms. The molecule has 2 aromatic carbocycles. The van der Waals surface area contributed by atoms with Gasteiger partial charge in [0.15, 0.2) is 0 Å². The molecule has 0 saturated carbocycles. The van der Waals surface area contributed by atoms with E-state index >= 15 is 0 Å². The normalized spacial score (nSPS) is 20.5. The standard InChI is InChI=1S/C21H25FN4O/c1-13-7-8-18(22)17-10-19(24-20(13)17)21(27)23-16-6-4-5-14(9-16)15-11-25(2)26(3)12-15/h4-9,15,19,24H,10-12H2,1-3H3,(H,23,27). The first kappa shape index (κ1) is 17.9. The van der Waals surface area contributed by atoms with Crippen LogP contribution in [-0.2, 0) is 11.2 Å². The Bertz CT molecular complexity index is 843. The fourth-order valence-electron chi connectivity index (χ4n) is 4.01. The van der Waals surface area contributed by atoms with Gasteiger partial charge >= 0.3 is 0 Å². The molecular formula is C21H25FN4O. The second-order valence-electron chi connectivity index (χ2n) is 7.61. The Balaban J connectivity index is 1.46. The third-order valence-corrected chi connectivity index (χ3v) is 5.69. The maximum atomic E-state index is 14.0. The Kier molecular flexibility index (Phi) is 4.61. The number of hydrazine groups is 1. The average molecular weight is 368 g/mol. The fraction of sp³-hybridized carbons (Fsp3) is 0.381. The van der Waals surface area contributed by atoms with E-state index in [-0.39, 0.29) is 11.7 Å². The van der Waals surface area contributed by atoms with Crippen molar-refractivity contribution in [2.45, 2.75) is 25.3 Å². The van der Waals surface area contributed by atoms with Gasteiger partial charge < -0.3 is 10.6 Å². The highest BCUT2D eigenvalue weighted by Gasteiger charge is 2.30. The van der Waals surface area contributed by atoms with Crippen molar-refractivity contribution < 1.29 is 9.18 Å². The van der Waals surface area contributed by atoms with Crippen LogP contribution in [0.3, 0.4) is 0 Å². The predicted octanol–water partition coefficient (Wildman–Crippen LogP) is 2.99. The summed E-state index contributed by atoms with van der Waals surface area (Å²) >= 11 is 0. The minimum atomic E-state index is -0.456. The molecule has 1 amide bonds. The number of aryl methyl sites for hydroxylation is 1. The number of rotatable bonds is 3. The molecule has 5 nitrogen and oxygen atoms in total. The third-order valence-electron chi connectivity index (χ3n) is 5.69. The number of fused-ring (bicyclic) bond motifs is 1. The van der Waals surface area contributed by atoms with E-state index in [1.54, 1.807) is 6.07 Å². The van der Waals surface area contributed by atoms with Crippen LogP contribution in [0.1, 0.15) is 22.6 Å². The summed E-state index contributed by atoms with van der Waals surface area (Å²) in [6, 6.07) is 10.8. The molecule has 1 unspecified atom stereocenters. The van der Waals surface area contributed by atoms with Gasteiger partial charge in [0, 0.05) is 56.5 Å². The minimum absolute atomic E-state index is 0.136. The van der Waals surface area contributed by atoms with Gasteiger partial charge in [0.1, 0.15) is 11.9 Å². The van der Waals surface area contributed by atoms with Gasteiger partial charge in [-0.05, 0) is 36.2 Å². The number of likely N-dealkylation sites (N-methyl/N-ethyl adjacent to an activating group) is 2. The van der Waals surface area contributed by atoms with Crippen molar-refractivity contribution in [2.24, 2.45) is 0 Å². The number of amides is 1. The molecule has 2 heterocycles. The number of hydrogen-bond donors (Lipinski definition) is 2. The highest BCUT2D eigenvalue weighted by molar-refractivity contribution is 5.98. The van der Waals surface area contributed by atoms with Gasteiger partial charge in [0.05, 0.1) is 0 Å². The van der Waals surface area contributed by atoms with Crippen LogP contribution in [0.2, 0.25) is 0 Å². The maximum Gasteiger partial charge on any atom is 0.247 e. The molecule has 0 radical (unpaired) electrons. The molecule has 0 spiro atoms. The molecule has 0 aromatic heterocycles. The molecule has 0 aliphatic carbocycles. The Morgan fingerprint density at radius 2 is 1.93 bits per heavy atom. The first-order valence-electron chi connectivity index (χ1n) is 9.30. The molecular weight excluding hydrogens is 343 g/mol. The Morgan fingerprint density at radius 3 is 2.63 bits per heavy atom. The third kappa shape index (κ3) is 3.42. The molecule has 4 rings (SSSR count). The van der Waals surface area contributed by atoms with E-state index in [2.05, 4.69) is 40.8 Å². The number of nitrogens with zero attached hydrogens (tertiary/aromatic N) is 2. The van der Waals surface area contributed by atoms with Crippen LogP contribution >= 0.6 is 0 Å². The number of carbonyl (C=O) groups excluding carboxylic acids is 1. The smallest absolute Gasteiger partial charge is 0.247 e. The first-order valence-corrected chi connectivity index (χ1v) is 9.30. The van der Waals surface area contributed by atoms with E-state index < -0.39 is 6.04 Å². The molecule has 1 atom stereocenters. The van der Waals surface area contributed by atoms with Crippen molar-refractivity contribution in [3.8, 4) is 0 Å². The van der Waals surface area contributed by atoms with Crippen LogP contribution in [0.4, 0.5) is 15.8 Å². The molecule has 2 aliphatic heterocycles. The molecule has 2 aliphatic rings. The molecule has 27 heavy (non-hydrogen) atoms. The zero-order valence-electron chi connectivity index (χ0n) is 15.9. The number of carbonyl (C=O) groups is 1. The molecule has 2 N–H and O–H groups in total. The van der Waals surface area contributed by atoms with Gasteiger partial charge in [-0.1, -0.05) is 18.2 Å². The van der Waals surface area contributed by atoms with Gasteiger partial charge in [-0.3, -0.25) is 4.79 Å². The van der Waals surface area contributed by atoms with Gasteiger partial charge in [-0.25, -0.2) is 14.4 Å². The topological polar surface area (TPSA) is 47.6 Å². The summed E-state index contributed by atoms with van der Waals surface area (Å²) in [6.45, 7) is 3.85. The van der Waals surface area contributed by atoms with Crippen molar-refractivity contribution in [2.75, 3.05) is 37.8 Å². The van der Waals surface area contributed by atoms with E-state index in [9.17, 15) is 9.18 Å². The lowest BCUT2D eigenvalue weighted by Gasteiger charge is -2.16. The zero-order valence-corrected chi connectivity index (χ0v) is 15.9. The summed E-state index contributed by atoms with van der Waals surface area (Å²) in [6.07, 6.45) is 0.368. The van der Waals surface area contributed by atoms with Gasteiger partial charge in [-0.15, -0.1) is 0 Å². The number of benzene rings is 2. The highest BCUT2D eigenvalue weighted by atomic mass is 19.1. The van der Waals surface area contributed by atoms with Crippen molar-refractivity contribution in [1.82, 2.24) is 10.0 Å². The Morgan fingerprint density at radius 1 is 1.19 bits per heavy atom. The molecule has 2 aromatic rings. The number of anilines is 2. The summed E-state index contributed by atoms with van der Waals surface area (Å²) in [5.74, 6) is 0.0279. The predicted molar refractivity (Wildman–Crippen MR) is 105 cm³/mol. The average Bonchev–Trinajstić information content (AvgIpc) is 3.24.